The number of nitrogens with zero attached hydrogens (tertiary/aromatic N) is 2. The van der Waals surface area contributed by atoms with Crippen LogP contribution in [0.15, 0.2) is 6.07 Å². The van der Waals surface area contributed by atoms with Gasteiger partial charge in [-0.15, -0.1) is 13.2 Å². The Balaban J connectivity index is 3.28. The minimum Gasteiger partial charge on any atom is -0.504 e. The lowest BCUT2D eigenvalue weighted by molar-refractivity contribution is -0.393. The molecule has 0 fully saturated rings. The summed E-state index contributed by atoms with van der Waals surface area (Å²) < 4.78 is 39.0. The highest BCUT2D eigenvalue weighted by Gasteiger charge is 2.36. The van der Waals surface area contributed by atoms with Gasteiger partial charge in [-0.05, 0) is 9.91 Å². The monoisotopic (exact) mass is 254 g/mol. The molecular weight excluding hydrogens is 249 g/mol. The van der Waals surface area contributed by atoms with Crippen molar-refractivity contribution in [3.8, 4) is 11.5 Å². The summed E-state index contributed by atoms with van der Waals surface area (Å²) in [5.41, 5.74) is -0.522. The first-order chi connectivity index (χ1) is 7.74. The molecule has 0 aliphatic heterocycles. The number of aromatic nitrogens is 1. The lowest BCUT2D eigenvalue weighted by Gasteiger charge is -2.09. The van der Waals surface area contributed by atoms with Crippen LogP contribution in [0.2, 0.25) is 0 Å². The lowest BCUT2D eigenvalue weighted by atomic mass is 10.3. The van der Waals surface area contributed by atoms with Crippen molar-refractivity contribution in [3.63, 3.8) is 0 Å². The number of rotatable bonds is 3. The number of nitro groups is 1. The van der Waals surface area contributed by atoms with E-state index in [0.29, 0.717) is 6.07 Å². The largest absolute Gasteiger partial charge is 0.573 e. The third-order valence-corrected chi connectivity index (χ3v) is 1.57. The Bertz CT molecular complexity index is 448. The number of aromatic hydroxyl groups is 1. The third-order valence-electron chi connectivity index (χ3n) is 1.57. The van der Waals surface area contributed by atoms with E-state index in [0.717, 1.165) is 0 Å². The van der Waals surface area contributed by atoms with Crippen LogP contribution in [0.1, 0.15) is 5.69 Å². The maximum Gasteiger partial charge on any atom is 0.573 e. The zero-order valence-corrected chi connectivity index (χ0v) is 7.93. The van der Waals surface area contributed by atoms with E-state index in [9.17, 15) is 23.3 Å². The smallest absolute Gasteiger partial charge is 0.504 e. The molecule has 7 nitrogen and oxygen atoms in total. The van der Waals surface area contributed by atoms with Gasteiger partial charge in [0, 0.05) is 6.07 Å². The molecule has 0 radical (unpaired) electrons. The molecule has 94 valence electrons. The molecule has 10 heteroatoms. The van der Waals surface area contributed by atoms with Gasteiger partial charge in [0.25, 0.3) is 0 Å². The number of pyridine rings is 1. The second-order valence-corrected chi connectivity index (χ2v) is 2.74. The van der Waals surface area contributed by atoms with Gasteiger partial charge in [-0.3, -0.25) is 0 Å². The maximum absolute atomic E-state index is 11.9. The van der Waals surface area contributed by atoms with Crippen molar-refractivity contribution < 1.29 is 33.0 Å². The van der Waals surface area contributed by atoms with Gasteiger partial charge in [-0.25, -0.2) is 0 Å². The third kappa shape index (κ3) is 3.17. The summed E-state index contributed by atoms with van der Waals surface area (Å²) in [5.74, 6) is -3.33. The molecule has 1 aromatic rings. The molecule has 0 aliphatic rings. The molecule has 0 unspecified atom stereocenters. The zero-order valence-electron chi connectivity index (χ0n) is 7.93. The van der Waals surface area contributed by atoms with Gasteiger partial charge in [-0.1, -0.05) is 0 Å². The van der Waals surface area contributed by atoms with Crippen molar-refractivity contribution in [3.05, 3.63) is 21.9 Å². The maximum atomic E-state index is 11.9. The topological polar surface area (TPSA) is 106 Å². The van der Waals surface area contributed by atoms with Crippen molar-refractivity contribution in [1.29, 1.82) is 0 Å². The van der Waals surface area contributed by atoms with Crippen molar-refractivity contribution in [2.24, 2.45) is 0 Å². The van der Waals surface area contributed by atoms with Crippen LogP contribution in [-0.2, 0) is 6.61 Å². The standard InChI is InChI=1S/C7H5F3N2O5/c8-7(9,10)17-5-1-4(14)3(2-13)11-6(5)12(15)16/h1,13-14H,2H2. The van der Waals surface area contributed by atoms with E-state index in [-0.39, 0.29) is 0 Å². The van der Waals surface area contributed by atoms with Crippen LogP contribution in [-0.4, -0.2) is 26.5 Å². The summed E-state index contributed by atoms with van der Waals surface area (Å²) in [6.45, 7) is -0.862. The summed E-state index contributed by atoms with van der Waals surface area (Å²) in [5, 5.41) is 28.2. The molecule has 17 heavy (non-hydrogen) atoms. The van der Waals surface area contributed by atoms with E-state index >= 15 is 0 Å². The first-order valence-electron chi connectivity index (χ1n) is 3.98. The van der Waals surface area contributed by atoms with Crippen LogP contribution in [0.4, 0.5) is 19.0 Å². The fourth-order valence-electron chi connectivity index (χ4n) is 0.959. The lowest BCUT2D eigenvalue weighted by Crippen LogP contribution is -2.18. The number of aliphatic hydroxyl groups is 1. The molecule has 1 heterocycles. The van der Waals surface area contributed by atoms with Crippen LogP contribution in [0.25, 0.3) is 0 Å². The molecule has 0 atom stereocenters. The molecule has 0 saturated carbocycles. The van der Waals surface area contributed by atoms with Crippen LogP contribution >= 0.6 is 0 Å². The summed E-state index contributed by atoms with van der Waals surface area (Å²) in [7, 11) is 0. The Morgan fingerprint density at radius 1 is 1.53 bits per heavy atom. The highest BCUT2D eigenvalue weighted by Crippen LogP contribution is 2.34. The quantitative estimate of drug-likeness (QED) is 0.617. The van der Waals surface area contributed by atoms with Crippen molar-refractivity contribution in [2.75, 3.05) is 0 Å². The number of alkyl halides is 3. The summed E-state index contributed by atoms with van der Waals surface area (Å²) in [6.07, 6.45) is -5.15. The molecule has 0 spiro atoms. The number of hydrogen-bond donors (Lipinski definition) is 2. The summed E-state index contributed by atoms with van der Waals surface area (Å²) >= 11 is 0. The fraction of sp³-hybridized carbons (Fsp3) is 0.286. The average Bonchev–Trinajstić information content (AvgIpc) is 2.14. The zero-order chi connectivity index (χ0) is 13.2. The van der Waals surface area contributed by atoms with E-state index in [1.165, 1.54) is 0 Å². The van der Waals surface area contributed by atoms with Crippen molar-refractivity contribution in [1.82, 2.24) is 4.98 Å². The predicted octanol–water partition coefficient (Wildman–Crippen LogP) is 1.09. The second-order valence-electron chi connectivity index (χ2n) is 2.74. The number of ether oxygens (including phenoxy) is 1. The van der Waals surface area contributed by atoms with Gasteiger partial charge in [0.15, 0.2) is 5.75 Å². The molecule has 0 bridgehead atoms. The van der Waals surface area contributed by atoms with E-state index in [1.807, 2.05) is 0 Å². The summed E-state index contributed by atoms with van der Waals surface area (Å²) in [4.78, 5) is 12.2. The van der Waals surface area contributed by atoms with Gasteiger partial charge < -0.3 is 25.1 Å². The highest BCUT2D eigenvalue weighted by molar-refractivity contribution is 5.46. The Morgan fingerprint density at radius 2 is 2.12 bits per heavy atom. The Kier molecular flexibility index (Phi) is 3.36. The minimum absolute atomic E-state index is 0.365. The first-order valence-corrected chi connectivity index (χ1v) is 3.98. The van der Waals surface area contributed by atoms with E-state index in [4.69, 9.17) is 10.2 Å². The predicted molar refractivity (Wildman–Crippen MR) is 45.2 cm³/mol. The number of aliphatic hydroxyl groups excluding tert-OH is 1. The molecular formula is C7H5F3N2O5. The Hall–Kier alpha value is -2.10. The van der Waals surface area contributed by atoms with E-state index in [1.54, 1.807) is 0 Å². The molecule has 0 amide bonds. The van der Waals surface area contributed by atoms with Crippen LogP contribution < -0.4 is 4.74 Å². The molecule has 1 rings (SSSR count). The van der Waals surface area contributed by atoms with Gasteiger partial charge in [-0.2, -0.15) is 0 Å². The van der Waals surface area contributed by atoms with Gasteiger partial charge in [0.2, 0.25) is 11.4 Å². The minimum atomic E-state index is -5.15. The van der Waals surface area contributed by atoms with Crippen molar-refractivity contribution in [2.45, 2.75) is 13.0 Å². The van der Waals surface area contributed by atoms with Gasteiger partial charge >= 0.3 is 12.2 Å². The molecule has 0 aliphatic carbocycles. The first kappa shape index (κ1) is 13.0. The van der Waals surface area contributed by atoms with Crippen molar-refractivity contribution >= 4 is 5.82 Å². The molecule has 1 aromatic heterocycles. The second kappa shape index (κ2) is 4.41. The molecule has 2 N–H and O–H groups in total. The van der Waals surface area contributed by atoms with Crippen LogP contribution in [0, 0.1) is 10.1 Å². The fourth-order valence-corrected chi connectivity index (χ4v) is 0.959. The SMILES string of the molecule is O=[N+]([O-])c1nc(CO)c(O)cc1OC(F)(F)F. The normalized spacial score (nSPS) is 11.3. The van der Waals surface area contributed by atoms with Crippen LogP contribution in [0.3, 0.4) is 0 Å². The number of hydrogen-bond acceptors (Lipinski definition) is 6. The Morgan fingerprint density at radius 3 is 2.53 bits per heavy atom. The van der Waals surface area contributed by atoms with Gasteiger partial charge in [0.05, 0.1) is 0 Å². The highest BCUT2D eigenvalue weighted by atomic mass is 19.4. The van der Waals surface area contributed by atoms with Crippen LogP contribution in [0.5, 0.6) is 11.5 Å². The van der Waals surface area contributed by atoms with E-state index in [2.05, 4.69) is 9.72 Å². The average molecular weight is 254 g/mol. The Labute approximate surface area is 91.2 Å². The molecule has 0 aromatic carbocycles. The molecule has 0 saturated heterocycles. The van der Waals surface area contributed by atoms with E-state index < -0.39 is 40.9 Å². The summed E-state index contributed by atoms with van der Waals surface area (Å²) in [6, 6.07) is 0.365. The number of halogens is 3. The van der Waals surface area contributed by atoms with Gasteiger partial charge in [0.1, 0.15) is 6.61 Å².